The Labute approximate surface area is 85.6 Å². The van der Waals surface area contributed by atoms with Crippen LogP contribution in [0.25, 0.3) is 5.65 Å². The van der Waals surface area contributed by atoms with Crippen LogP contribution in [0.4, 0.5) is 0 Å². The smallest absolute Gasteiger partial charge is 0.170 e. The molecule has 0 aliphatic rings. The molecule has 14 heavy (non-hydrogen) atoms. The van der Waals surface area contributed by atoms with Crippen molar-refractivity contribution in [2.24, 2.45) is 0 Å². The fraction of sp³-hybridized carbons (Fsp3) is 0.222. The SMILES string of the molecule is Cc1cc(C)n2ncc(SC#N)c2n1. The molecule has 0 aliphatic heterocycles. The third kappa shape index (κ3) is 1.34. The third-order valence-corrected chi connectivity index (χ3v) is 2.50. The van der Waals surface area contributed by atoms with Crippen molar-refractivity contribution in [2.75, 3.05) is 0 Å². The van der Waals surface area contributed by atoms with Crippen LogP contribution in [0.5, 0.6) is 0 Å². The van der Waals surface area contributed by atoms with Crippen LogP contribution >= 0.6 is 11.8 Å². The van der Waals surface area contributed by atoms with Crippen LogP contribution in [0.2, 0.25) is 0 Å². The number of aryl methyl sites for hydroxylation is 2. The van der Waals surface area contributed by atoms with Crippen LogP contribution < -0.4 is 0 Å². The number of aromatic nitrogens is 3. The Morgan fingerprint density at radius 1 is 1.50 bits per heavy atom. The van der Waals surface area contributed by atoms with Crippen LogP contribution in [-0.2, 0) is 0 Å². The number of nitriles is 1. The molecule has 0 spiro atoms. The van der Waals surface area contributed by atoms with E-state index in [4.69, 9.17) is 5.26 Å². The first-order valence-electron chi connectivity index (χ1n) is 4.10. The molecule has 5 heteroatoms. The highest BCUT2D eigenvalue weighted by Gasteiger charge is 2.07. The lowest BCUT2D eigenvalue weighted by atomic mass is 10.3. The van der Waals surface area contributed by atoms with Crippen molar-refractivity contribution in [3.8, 4) is 5.40 Å². The molecule has 0 atom stereocenters. The number of nitrogens with zero attached hydrogens (tertiary/aromatic N) is 4. The maximum Gasteiger partial charge on any atom is 0.170 e. The maximum absolute atomic E-state index is 8.58. The van der Waals surface area contributed by atoms with Gasteiger partial charge >= 0.3 is 0 Å². The van der Waals surface area contributed by atoms with Gasteiger partial charge < -0.3 is 0 Å². The van der Waals surface area contributed by atoms with Crippen LogP contribution in [0.15, 0.2) is 17.2 Å². The molecular weight excluding hydrogens is 196 g/mol. The van der Waals surface area contributed by atoms with E-state index in [1.165, 1.54) is 0 Å². The van der Waals surface area contributed by atoms with Gasteiger partial charge in [-0.15, -0.1) is 0 Å². The molecule has 0 bridgehead atoms. The minimum atomic E-state index is 0.758. The van der Waals surface area contributed by atoms with Crippen molar-refractivity contribution in [2.45, 2.75) is 18.7 Å². The minimum Gasteiger partial charge on any atom is -0.233 e. The molecular formula is C9H8N4S. The fourth-order valence-electron chi connectivity index (χ4n) is 1.37. The molecule has 0 unspecified atom stereocenters. The average molecular weight is 204 g/mol. The number of hydrogen-bond donors (Lipinski definition) is 0. The van der Waals surface area contributed by atoms with E-state index in [1.54, 1.807) is 10.7 Å². The van der Waals surface area contributed by atoms with Crippen molar-refractivity contribution in [1.29, 1.82) is 5.26 Å². The van der Waals surface area contributed by atoms with Crippen molar-refractivity contribution in [3.05, 3.63) is 23.7 Å². The molecule has 2 aromatic rings. The fourth-order valence-corrected chi connectivity index (χ4v) is 1.79. The summed E-state index contributed by atoms with van der Waals surface area (Å²) in [6, 6.07) is 1.96. The molecule has 2 rings (SSSR count). The average Bonchev–Trinajstić information content (AvgIpc) is 2.49. The zero-order valence-corrected chi connectivity index (χ0v) is 8.67. The lowest BCUT2D eigenvalue weighted by Gasteiger charge is -2.00. The topological polar surface area (TPSA) is 54.0 Å². The summed E-state index contributed by atoms with van der Waals surface area (Å²) in [5.41, 5.74) is 2.72. The first kappa shape index (κ1) is 9.03. The Balaban J connectivity index is 2.73. The predicted octanol–water partition coefficient (Wildman–Crippen LogP) is 1.92. The normalized spacial score (nSPS) is 10.4. The Morgan fingerprint density at radius 3 is 3.00 bits per heavy atom. The Bertz CT molecular complexity index is 523. The quantitative estimate of drug-likeness (QED) is 0.526. The largest absolute Gasteiger partial charge is 0.233 e. The summed E-state index contributed by atoms with van der Waals surface area (Å²) >= 11 is 1.09. The van der Waals surface area contributed by atoms with Gasteiger partial charge in [-0.3, -0.25) is 0 Å². The first-order valence-corrected chi connectivity index (χ1v) is 4.92. The van der Waals surface area contributed by atoms with E-state index in [9.17, 15) is 0 Å². The van der Waals surface area contributed by atoms with Gasteiger partial charge in [0.05, 0.1) is 11.1 Å². The second kappa shape index (κ2) is 3.31. The van der Waals surface area contributed by atoms with Gasteiger partial charge in [-0.25, -0.2) is 9.50 Å². The summed E-state index contributed by atoms with van der Waals surface area (Å²) < 4.78 is 1.74. The van der Waals surface area contributed by atoms with E-state index >= 15 is 0 Å². The molecule has 4 nitrogen and oxygen atoms in total. The van der Waals surface area contributed by atoms with Crippen molar-refractivity contribution in [1.82, 2.24) is 14.6 Å². The van der Waals surface area contributed by atoms with Gasteiger partial charge in [-0.05, 0) is 31.7 Å². The second-order valence-corrected chi connectivity index (χ2v) is 3.80. The van der Waals surface area contributed by atoms with Gasteiger partial charge in [-0.1, -0.05) is 0 Å². The van der Waals surface area contributed by atoms with Gasteiger partial charge in [0, 0.05) is 11.4 Å². The molecule has 0 aliphatic carbocycles. The zero-order chi connectivity index (χ0) is 10.1. The molecule has 0 amide bonds. The highest BCUT2D eigenvalue weighted by Crippen LogP contribution is 2.21. The van der Waals surface area contributed by atoms with Crippen molar-refractivity contribution >= 4 is 17.4 Å². The van der Waals surface area contributed by atoms with E-state index in [0.29, 0.717) is 0 Å². The van der Waals surface area contributed by atoms with Gasteiger partial charge in [-0.2, -0.15) is 10.4 Å². The number of hydrogen-bond acceptors (Lipinski definition) is 4. The maximum atomic E-state index is 8.58. The number of thiocyanates is 1. The second-order valence-electron chi connectivity index (χ2n) is 2.98. The summed E-state index contributed by atoms with van der Waals surface area (Å²) in [6.45, 7) is 3.90. The van der Waals surface area contributed by atoms with Crippen molar-refractivity contribution < 1.29 is 0 Å². The van der Waals surface area contributed by atoms with Crippen molar-refractivity contribution in [3.63, 3.8) is 0 Å². The molecule has 0 saturated heterocycles. The molecule has 0 N–H and O–H groups in total. The minimum absolute atomic E-state index is 0.758. The van der Waals surface area contributed by atoms with E-state index in [-0.39, 0.29) is 0 Å². The zero-order valence-electron chi connectivity index (χ0n) is 7.85. The third-order valence-electron chi connectivity index (χ3n) is 1.90. The molecule has 0 saturated carbocycles. The van der Waals surface area contributed by atoms with E-state index < -0.39 is 0 Å². The molecule has 0 aromatic carbocycles. The van der Waals surface area contributed by atoms with E-state index in [0.717, 1.165) is 33.7 Å². The summed E-state index contributed by atoms with van der Waals surface area (Å²) in [7, 11) is 0. The standard InChI is InChI=1S/C9H8N4S/c1-6-3-7(2)13-9(12-6)8(4-11-13)14-5-10/h3-4H,1-2H3. The Morgan fingerprint density at radius 2 is 2.29 bits per heavy atom. The molecule has 2 aromatic heterocycles. The lowest BCUT2D eigenvalue weighted by molar-refractivity contribution is 0.885. The number of thioether (sulfide) groups is 1. The van der Waals surface area contributed by atoms with Gasteiger partial charge in [0.1, 0.15) is 5.40 Å². The monoisotopic (exact) mass is 204 g/mol. The first-order chi connectivity index (χ1) is 6.72. The summed E-state index contributed by atoms with van der Waals surface area (Å²) in [4.78, 5) is 5.15. The van der Waals surface area contributed by atoms with Gasteiger partial charge in [0.25, 0.3) is 0 Å². The van der Waals surface area contributed by atoms with Crippen LogP contribution in [-0.4, -0.2) is 14.6 Å². The number of rotatable bonds is 1. The van der Waals surface area contributed by atoms with Gasteiger partial charge in [0.2, 0.25) is 0 Å². The summed E-state index contributed by atoms with van der Waals surface area (Å²) in [6.07, 6.45) is 1.67. The predicted molar refractivity (Wildman–Crippen MR) is 53.9 cm³/mol. The van der Waals surface area contributed by atoms with Crippen LogP contribution in [0.3, 0.4) is 0 Å². The van der Waals surface area contributed by atoms with Crippen LogP contribution in [0, 0.1) is 24.5 Å². The van der Waals surface area contributed by atoms with E-state index in [1.807, 2.05) is 25.3 Å². The highest BCUT2D eigenvalue weighted by atomic mass is 32.2. The highest BCUT2D eigenvalue weighted by molar-refractivity contribution is 8.03. The lowest BCUT2D eigenvalue weighted by Crippen LogP contribution is -1.96. The Hall–Kier alpha value is -1.54. The van der Waals surface area contributed by atoms with Crippen LogP contribution in [0.1, 0.15) is 11.4 Å². The molecule has 0 radical (unpaired) electrons. The number of fused-ring (bicyclic) bond motifs is 1. The van der Waals surface area contributed by atoms with E-state index in [2.05, 4.69) is 10.1 Å². The molecule has 0 fully saturated rings. The molecule has 70 valence electrons. The summed E-state index contributed by atoms with van der Waals surface area (Å²) in [5.74, 6) is 0. The Kier molecular flexibility index (Phi) is 2.14. The van der Waals surface area contributed by atoms with Gasteiger partial charge in [0.15, 0.2) is 5.65 Å². The molecule has 2 heterocycles. The summed E-state index contributed by atoms with van der Waals surface area (Å²) in [5, 5.41) is 14.8.